The number of benzene rings is 2. The minimum absolute atomic E-state index is 0.0175. The molecule has 2 aromatic rings. The zero-order chi connectivity index (χ0) is 19.8. The van der Waals surface area contributed by atoms with E-state index in [4.69, 9.17) is 0 Å². The fourth-order valence-electron chi connectivity index (χ4n) is 3.60. The molecule has 0 unspecified atom stereocenters. The standard InChI is InChI=1S/C22H27N3O3/c26-20-14-13-16-7-4-5-10-18(16)19(20)15-23-25-22(28)12-6-11-21(27)24-17-8-2-1-3-9-17/h4-5,7,10,13-15,17,26H,1-3,6,8-9,11-12H2,(H,24,27)(H,25,28)/b23-15-. The fourth-order valence-corrected chi connectivity index (χ4v) is 3.60. The smallest absolute Gasteiger partial charge is 0.240 e. The van der Waals surface area contributed by atoms with E-state index in [0.29, 0.717) is 24.4 Å². The molecule has 1 aliphatic carbocycles. The van der Waals surface area contributed by atoms with Gasteiger partial charge in [0, 0.05) is 24.4 Å². The van der Waals surface area contributed by atoms with E-state index in [2.05, 4.69) is 15.8 Å². The van der Waals surface area contributed by atoms with Gasteiger partial charge >= 0.3 is 0 Å². The van der Waals surface area contributed by atoms with Crippen LogP contribution in [0.25, 0.3) is 10.8 Å². The molecule has 0 bridgehead atoms. The molecular formula is C22H27N3O3. The fraction of sp³-hybridized carbons (Fsp3) is 0.409. The SMILES string of the molecule is O=C(CCCC(=O)NC1CCCCC1)N/N=C\c1c(O)ccc2ccccc12. The van der Waals surface area contributed by atoms with Gasteiger partial charge in [0.25, 0.3) is 0 Å². The molecule has 28 heavy (non-hydrogen) atoms. The predicted octanol–water partition coefficient (Wildman–Crippen LogP) is 3.61. The van der Waals surface area contributed by atoms with E-state index in [1.807, 2.05) is 30.3 Å². The van der Waals surface area contributed by atoms with Gasteiger partial charge in [0.05, 0.1) is 6.21 Å². The molecule has 2 aromatic carbocycles. The van der Waals surface area contributed by atoms with Crippen molar-refractivity contribution in [1.82, 2.24) is 10.7 Å². The maximum atomic E-state index is 12.0. The van der Waals surface area contributed by atoms with Gasteiger partial charge in [0.15, 0.2) is 0 Å². The van der Waals surface area contributed by atoms with Crippen molar-refractivity contribution < 1.29 is 14.7 Å². The number of nitrogens with zero attached hydrogens (tertiary/aromatic N) is 1. The summed E-state index contributed by atoms with van der Waals surface area (Å²) in [7, 11) is 0. The number of carbonyl (C=O) groups is 2. The molecule has 0 aliphatic heterocycles. The van der Waals surface area contributed by atoms with Gasteiger partial charge in [-0.15, -0.1) is 0 Å². The van der Waals surface area contributed by atoms with Gasteiger partial charge in [-0.1, -0.05) is 49.6 Å². The topological polar surface area (TPSA) is 90.8 Å². The van der Waals surface area contributed by atoms with E-state index in [0.717, 1.165) is 23.6 Å². The number of hydrogen-bond acceptors (Lipinski definition) is 4. The van der Waals surface area contributed by atoms with Gasteiger partial charge < -0.3 is 10.4 Å². The summed E-state index contributed by atoms with van der Waals surface area (Å²) in [5.41, 5.74) is 3.03. The number of hydrogen-bond donors (Lipinski definition) is 3. The van der Waals surface area contributed by atoms with E-state index in [1.54, 1.807) is 6.07 Å². The Morgan fingerprint density at radius 2 is 1.79 bits per heavy atom. The van der Waals surface area contributed by atoms with Crippen LogP contribution < -0.4 is 10.7 Å². The first-order valence-corrected chi connectivity index (χ1v) is 9.95. The van der Waals surface area contributed by atoms with E-state index >= 15 is 0 Å². The number of carbonyl (C=O) groups excluding carboxylic acids is 2. The molecule has 0 heterocycles. The number of phenols is 1. The Hall–Kier alpha value is -2.89. The molecule has 0 atom stereocenters. The Labute approximate surface area is 165 Å². The van der Waals surface area contributed by atoms with Crippen molar-refractivity contribution in [2.45, 2.75) is 57.4 Å². The van der Waals surface area contributed by atoms with Crippen LogP contribution >= 0.6 is 0 Å². The largest absolute Gasteiger partial charge is 0.507 e. The van der Waals surface area contributed by atoms with Crippen molar-refractivity contribution in [1.29, 1.82) is 0 Å². The van der Waals surface area contributed by atoms with Crippen LogP contribution in [0.4, 0.5) is 0 Å². The monoisotopic (exact) mass is 381 g/mol. The van der Waals surface area contributed by atoms with Crippen molar-refractivity contribution in [3.05, 3.63) is 42.0 Å². The first kappa shape index (κ1) is 19.9. The molecule has 0 spiro atoms. The lowest BCUT2D eigenvalue weighted by molar-refractivity contribution is -0.123. The lowest BCUT2D eigenvalue weighted by Crippen LogP contribution is -2.36. The van der Waals surface area contributed by atoms with E-state index in [9.17, 15) is 14.7 Å². The number of phenolic OH excluding ortho intramolecular Hbond substituents is 1. The van der Waals surface area contributed by atoms with Gasteiger partial charge in [-0.25, -0.2) is 5.43 Å². The minimum Gasteiger partial charge on any atom is -0.507 e. The molecule has 0 saturated heterocycles. The Balaban J connectivity index is 1.43. The summed E-state index contributed by atoms with van der Waals surface area (Å²) in [6, 6.07) is 11.4. The zero-order valence-electron chi connectivity index (χ0n) is 16.0. The molecule has 3 rings (SSSR count). The average Bonchev–Trinajstić information content (AvgIpc) is 2.70. The van der Waals surface area contributed by atoms with Crippen LogP contribution in [0, 0.1) is 0 Å². The van der Waals surface area contributed by atoms with Gasteiger partial charge in [0.1, 0.15) is 5.75 Å². The van der Waals surface area contributed by atoms with Crippen molar-refractivity contribution in [3.63, 3.8) is 0 Å². The molecule has 1 aliphatic rings. The van der Waals surface area contributed by atoms with E-state index in [1.165, 1.54) is 25.5 Å². The van der Waals surface area contributed by atoms with Crippen LogP contribution in [0.3, 0.4) is 0 Å². The third-order valence-corrected chi connectivity index (χ3v) is 5.11. The first-order valence-electron chi connectivity index (χ1n) is 9.95. The molecule has 148 valence electrons. The summed E-state index contributed by atoms with van der Waals surface area (Å²) in [6.07, 6.45) is 8.24. The number of aromatic hydroxyl groups is 1. The van der Waals surface area contributed by atoms with Crippen LogP contribution in [0.5, 0.6) is 5.75 Å². The molecule has 1 saturated carbocycles. The highest BCUT2D eigenvalue weighted by molar-refractivity contribution is 6.02. The summed E-state index contributed by atoms with van der Waals surface area (Å²) in [6.45, 7) is 0. The average molecular weight is 381 g/mol. The van der Waals surface area contributed by atoms with Crippen LogP contribution in [0.15, 0.2) is 41.5 Å². The highest BCUT2D eigenvalue weighted by Crippen LogP contribution is 2.25. The molecule has 1 fully saturated rings. The van der Waals surface area contributed by atoms with Crippen LogP contribution in [0.2, 0.25) is 0 Å². The van der Waals surface area contributed by atoms with Crippen molar-refractivity contribution in [2.75, 3.05) is 0 Å². The maximum absolute atomic E-state index is 12.0. The van der Waals surface area contributed by atoms with Crippen molar-refractivity contribution in [2.24, 2.45) is 5.10 Å². The number of amides is 2. The second kappa shape index (κ2) is 9.88. The second-order valence-electron chi connectivity index (χ2n) is 7.27. The Morgan fingerprint density at radius 1 is 1.04 bits per heavy atom. The number of rotatable bonds is 7. The van der Waals surface area contributed by atoms with Gasteiger partial charge in [-0.2, -0.15) is 5.10 Å². The molecule has 6 heteroatoms. The second-order valence-corrected chi connectivity index (χ2v) is 7.27. The van der Waals surface area contributed by atoms with E-state index < -0.39 is 0 Å². The highest BCUT2D eigenvalue weighted by atomic mass is 16.3. The van der Waals surface area contributed by atoms with Gasteiger partial charge in [-0.05, 0) is 36.1 Å². The Bertz CT molecular complexity index is 857. The summed E-state index contributed by atoms with van der Waals surface area (Å²) >= 11 is 0. The van der Waals surface area contributed by atoms with Crippen molar-refractivity contribution in [3.8, 4) is 5.75 Å². The molecule has 3 N–H and O–H groups in total. The summed E-state index contributed by atoms with van der Waals surface area (Å²) < 4.78 is 0. The van der Waals surface area contributed by atoms with Crippen LogP contribution in [0.1, 0.15) is 56.9 Å². The zero-order valence-corrected chi connectivity index (χ0v) is 16.0. The highest BCUT2D eigenvalue weighted by Gasteiger charge is 2.15. The lowest BCUT2D eigenvalue weighted by Gasteiger charge is -2.22. The first-order chi connectivity index (χ1) is 13.6. The quantitative estimate of drug-likeness (QED) is 0.505. The molecule has 0 aromatic heterocycles. The summed E-state index contributed by atoms with van der Waals surface area (Å²) in [5.74, 6) is -0.124. The van der Waals surface area contributed by atoms with Gasteiger partial charge in [-0.3, -0.25) is 9.59 Å². The maximum Gasteiger partial charge on any atom is 0.240 e. The number of fused-ring (bicyclic) bond motifs is 1. The molecule has 0 radical (unpaired) electrons. The summed E-state index contributed by atoms with van der Waals surface area (Å²) in [4.78, 5) is 23.9. The van der Waals surface area contributed by atoms with Crippen LogP contribution in [-0.4, -0.2) is 29.2 Å². The Morgan fingerprint density at radius 3 is 2.61 bits per heavy atom. The molecule has 6 nitrogen and oxygen atoms in total. The Kier molecular flexibility index (Phi) is 7.00. The molecular weight excluding hydrogens is 354 g/mol. The van der Waals surface area contributed by atoms with E-state index in [-0.39, 0.29) is 24.0 Å². The lowest BCUT2D eigenvalue weighted by atomic mass is 9.95. The summed E-state index contributed by atoms with van der Waals surface area (Å²) in [5, 5.41) is 18.9. The number of hydrazone groups is 1. The minimum atomic E-state index is -0.249. The third-order valence-electron chi connectivity index (χ3n) is 5.11. The normalized spacial score (nSPS) is 15.0. The number of nitrogens with one attached hydrogen (secondary N) is 2. The van der Waals surface area contributed by atoms with Crippen molar-refractivity contribution >= 4 is 28.8 Å². The van der Waals surface area contributed by atoms with Gasteiger partial charge in [0.2, 0.25) is 11.8 Å². The molecule has 2 amide bonds. The van der Waals surface area contributed by atoms with Crippen LogP contribution in [-0.2, 0) is 9.59 Å². The third kappa shape index (κ3) is 5.55. The predicted molar refractivity (Wildman–Crippen MR) is 110 cm³/mol.